The Bertz CT molecular complexity index is 1440. The Hall–Kier alpha value is -3.69. The molecule has 0 aliphatic rings. The zero-order valence-corrected chi connectivity index (χ0v) is 20.4. The molecule has 0 bridgehead atoms. The number of aromatic nitrogens is 4. The number of rotatable bonds is 6. The molecule has 1 atom stereocenters. The molecule has 4 rings (SSSR count). The first kappa shape index (κ1) is 24.4. The second-order valence-electron chi connectivity index (χ2n) is 8.78. The van der Waals surface area contributed by atoms with E-state index in [1.165, 1.54) is 18.5 Å². The van der Waals surface area contributed by atoms with Crippen LogP contribution in [0.2, 0.25) is 5.02 Å². The van der Waals surface area contributed by atoms with Crippen molar-refractivity contribution < 1.29 is 14.3 Å². The van der Waals surface area contributed by atoms with Crippen LogP contribution >= 0.6 is 11.6 Å². The smallest absolute Gasteiger partial charge is 0.248 e. The molecule has 0 aliphatic heterocycles. The molecule has 0 saturated heterocycles. The fourth-order valence-corrected chi connectivity index (χ4v) is 3.81. The number of halogens is 2. The van der Waals surface area contributed by atoms with Crippen LogP contribution in [0.25, 0.3) is 22.3 Å². The lowest BCUT2D eigenvalue weighted by Crippen LogP contribution is -2.19. The Morgan fingerprint density at radius 3 is 2.51 bits per heavy atom. The third-order valence-corrected chi connectivity index (χ3v) is 5.98. The highest BCUT2D eigenvalue weighted by Gasteiger charge is 2.22. The Kier molecular flexibility index (Phi) is 6.40. The van der Waals surface area contributed by atoms with Crippen molar-refractivity contribution in [3.05, 3.63) is 76.2 Å². The number of carbonyl (C=O) groups excluding carboxylic acids is 1. The molecule has 1 amide bonds. The number of nitrogens with one attached hydrogen (secondary N) is 1. The van der Waals surface area contributed by atoms with Gasteiger partial charge in [-0.15, -0.1) is 0 Å². The lowest BCUT2D eigenvalue weighted by Gasteiger charge is -2.20. The van der Waals surface area contributed by atoms with Gasteiger partial charge in [0.25, 0.3) is 0 Å². The van der Waals surface area contributed by atoms with E-state index in [1.807, 2.05) is 13.0 Å². The average molecular weight is 495 g/mol. The van der Waals surface area contributed by atoms with Crippen LogP contribution in [-0.4, -0.2) is 30.9 Å². The Morgan fingerprint density at radius 2 is 1.89 bits per heavy atom. The van der Waals surface area contributed by atoms with Crippen molar-refractivity contribution in [1.29, 1.82) is 0 Å². The molecule has 3 aromatic heterocycles. The van der Waals surface area contributed by atoms with Crippen LogP contribution < -0.4 is 11.1 Å². The zero-order valence-electron chi connectivity index (χ0n) is 19.6. The van der Waals surface area contributed by atoms with E-state index in [-0.39, 0.29) is 17.6 Å². The number of hydrogen-bond donors (Lipinski definition) is 3. The summed E-state index contributed by atoms with van der Waals surface area (Å²) in [4.78, 5) is 28.8. The molecule has 4 N–H and O–H groups in total. The van der Waals surface area contributed by atoms with Crippen molar-refractivity contribution in [1.82, 2.24) is 19.9 Å². The first-order chi connectivity index (χ1) is 16.5. The fraction of sp³-hybridized carbons (Fsp3) is 0.240. The maximum Gasteiger partial charge on any atom is 0.248 e. The number of hydrogen-bond acceptors (Lipinski definition) is 7. The van der Waals surface area contributed by atoms with Crippen molar-refractivity contribution in [2.75, 3.05) is 5.32 Å². The van der Waals surface area contributed by atoms with Crippen LogP contribution in [0.3, 0.4) is 0 Å². The number of pyridine rings is 2. The number of primary amides is 1. The number of nitrogens with two attached hydrogens (primary N) is 1. The van der Waals surface area contributed by atoms with E-state index < -0.39 is 17.3 Å². The predicted molar refractivity (Wildman–Crippen MR) is 133 cm³/mol. The molecule has 0 saturated carbocycles. The molecule has 8 nitrogen and oxygen atoms in total. The van der Waals surface area contributed by atoms with Gasteiger partial charge in [-0.2, -0.15) is 0 Å². The molecule has 4 aromatic rings. The van der Waals surface area contributed by atoms with E-state index in [9.17, 15) is 9.90 Å². The van der Waals surface area contributed by atoms with Crippen molar-refractivity contribution in [3.8, 4) is 11.3 Å². The predicted octanol–water partition coefficient (Wildman–Crippen LogP) is 4.69. The maximum absolute atomic E-state index is 15.0. The van der Waals surface area contributed by atoms with E-state index in [2.05, 4.69) is 25.3 Å². The van der Waals surface area contributed by atoms with Gasteiger partial charge in [-0.25, -0.2) is 24.3 Å². The van der Waals surface area contributed by atoms with Crippen LogP contribution in [0.4, 0.5) is 10.1 Å². The van der Waals surface area contributed by atoms with Crippen LogP contribution in [0.5, 0.6) is 0 Å². The molecule has 0 aliphatic carbocycles. The van der Waals surface area contributed by atoms with E-state index in [1.54, 1.807) is 39.0 Å². The minimum absolute atomic E-state index is 0.0212. The van der Waals surface area contributed by atoms with Gasteiger partial charge in [-0.05, 0) is 45.4 Å². The summed E-state index contributed by atoms with van der Waals surface area (Å²) >= 11 is 6.61. The van der Waals surface area contributed by atoms with Gasteiger partial charge in [0.05, 0.1) is 21.9 Å². The van der Waals surface area contributed by atoms with Gasteiger partial charge in [0.2, 0.25) is 5.91 Å². The number of benzene rings is 1. The summed E-state index contributed by atoms with van der Waals surface area (Å²) in [5.74, 6) is -0.918. The number of anilines is 1. The lowest BCUT2D eigenvalue weighted by atomic mass is 10.0. The molecule has 1 unspecified atom stereocenters. The third kappa shape index (κ3) is 4.91. The summed E-state index contributed by atoms with van der Waals surface area (Å²) in [6.07, 6.45) is 2.82. The van der Waals surface area contributed by atoms with Crippen molar-refractivity contribution >= 4 is 34.2 Å². The monoisotopic (exact) mass is 494 g/mol. The SMILES string of the molecule is Cc1nc2cc(F)c(-c3cnc(C(C)(C)O)nc3)nc2c(NC(C)c2cccc(C(N)=O)c2)c1Cl. The first-order valence-electron chi connectivity index (χ1n) is 10.8. The number of aliphatic hydroxyl groups is 1. The van der Waals surface area contributed by atoms with Crippen LogP contribution in [0.1, 0.15) is 54.3 Å². The molecular formula is C25H24ClFN6O2. The van der Waals surface area contributed by atoms with Crippen molar-refractivity contribution in [2.45, 2.75) is 39.3 Å². The number of aryl methyl sites for hydroxylation is 1. The normalized spacial score (nSPS) is 12.5. The molecular weight excluding hydrogens is 471 g/mol. The third-order valence-electron chi connectivity index (χ3n) is 5.52. The number of amides is 1. The Morgan fingerprint density at radius 1 is 1.20 bits per heavy atom. The number of nitrogens with zero attached hydrogens (tertiary/aromatic N) is 4. The number of carbonyl (C=O) groups is 1. The molecule has 0 fully saturated rings. The fourth-order valence-electron chi connectivity index (χ4n) is 3.62. The largest absolute Gasteiger partial charge is 0.382 e. The standard InChI is InChI=1S/C25H24ClFN6O2/c1-12(14-6-5-7-15(8-14)23(28)34)32-22-19(26)13(2)31-18-9-17(27)20(33-21(18)22)16-10-29-24(30-11-16)25(3,4)35/h5-12,35H,1-4H3,(H2,28,34)(H,31,32). The summed E-state index contributed by atoms with van der Waals surface area (Å²) in [6.45, 7) is 6.74. The second-order valence-corrected chi connectivity index (χ2v) is 9.16. The average Bonchev–Trinajstić information content (AvgIpc) is 2.81. The highest BCUT2D eigenvalue weighted by Crippen LogP contribution is 2.36. The first-order valence-corrected chi connectivity index (χ1v) is 11.2. The lowest BCUT2D eigenvalue weighted by molar-refractivity contribution is 0.0687. The summed E-state index contributed by atoms with van der Waals surface area (Å²) in [5.41, 5.74) is 7.39. The van der Waals surface area contributed by atoms with Crippen molar-refractivity contribution in [2.24, 2.45) is 5.73 Å². The molecule has 0 radical (unpaired) electrons. The molecule has 10 heteroatoms. The van der Waals surface area contributed by atoms with Crippen LogP contribution in [-0.2, 0) is 5.60 Å². The summed E-state index contributed by atoms with van der Waals surface area (Å²) < 4.78 is 15.0. The van der Waals surface area contributed by atoms with Crippen LogP contribution in [0.15, 0.2) is 42.7 Å². The maximum atomic E-state index is 15.0. The Labute approximate surface area is 206 Å². The minimum atomic E-state index is -1.23. The highest BCUT2D eigenvalue weighted by molar-refractivity contribution is 6.35. The quantitative estimate of drug-likeness (QED) is 0.355. The van der Waals surface area contributed by atoms with Gasteiger partial charge in [0.1, 0.15) is 16.8 Å². The van der Waals surface area contributed by atoms with E-state index in [4.69, 9.17) is 17.3 Å². The van der Waals surface area contributed by atoms with E-state index in [0.717, 1.165) is 5.56 Å². The van der Waals surface area contributed by atoms with E-state index >= 15 is 4.39 Å². The zero-order chi connectivity index (χ0) is 25.5. The molecule has 1 aromatic carbocycles. The van der Waals surface area contributed by atoms with Crippen molar-refractivity contribution in [3.63, 3.8) is 0 Å². The van der Waals surface area contributed by atoms with Gasteiger partial charge in [0, 0.05) is 35.6 Å². The summed E-state index contributed by atoms with van der Waals surface area (Å²) in [7, 11) is 0. The van der Waals surface area contributed by atoms with Gasteiger partial charge in [0.15, 0.2) is 11.6 Å². The van der Waals surface area contributed by atoms with Gasteiger partial charge >= 0.3 is 0 Å². The molecule has 35 heavy (non-hydrogen) atoms. The number of fused-ring (bicyclic) bond motifs is 1. The minimum Gasteiger partial charge on any atom is -0.382 e. The van der Waals surface area contributed by atoms with Gasteiger partial charge in [-0.1, -0.05) is 23.7 Å². The van der Waals surface area contributed by atoms with Gasteiger partial charge < -0.3 is 16.2 Å². The summed E-state index contributed by atoms with van der Waals surface area (Å²) in [5, 5.41) is 13.8. The highest BCUT2D eigenvalue weighted by atomic mass is 35.5. The molecule has 3 heterocycles. The topological polar surface area (TPSA) is 127 Å². The Balaban J connectivity index is 1.81. The van der Waals surface area contributed by atoms with Crippen LogP contribution in [0, 0.1) is 12.7 Å². The molecule has 0 spiro atoms. The second kappa shape index (κ2) is 9.16. The van der Waals surface area contributed by atoms with E-state index in [0.29, 0.717) is 38.6 Å². The molecule has 180 valence electrons. The van der Waals surface area contributed by atoms with Gasteiger partial charge in [-0.3, -0.25) is 4.79 Å². The summed E-state index contributed by atoms with van der Waals surface area (Å²) in [6, 6.07) is 7.93.